The predicted molar refractivity (Wildman–Crippen MR) is 78.9 cm³/mol. The van der Waals surface area contributed by atoms with Crippen LogP contribution in [0.4, 0.5) is 5.69 Å². The fourth-order valence-corrected chi connectivity index (χ4v) is 2.52. The van der Waals surface area contributed by atoms with Crippen molar-refractivity contribution in [3.8, 4) is 0 Å². The molecule has 1 aliphatic rings. The molecule has 1 aromatic carbocycles. The van der Waals surface area contributed by atoms with E-state index >= 15 is 0 Å². The molecule has 4 nitrogen and oxygen atoms in total. The van der Waals surface area contributed by atoms with E-state index < -0.39 is 0 Å². The molecule has 1 aliphatic carbocycles. The van der Waals surface area contributed by atoms with Crippen LogP contribution in [0, 0.1) is 12.8 Å². The number of benzene rings is 1. The zero-order valence-corrected chi connectivity index (χ0v) is 11.8. The summed E-state index contributed by atoms with van der Waals surface area (Å²) in [5.74, 6) is 1.00. The van der Waals surface area contributed by atoms with Gasteiger partial charge in [0.05, 0.1) is 5.69 Å². The van der Waals surface area contributed by atoms with Gasteiger partial charge in [-0.3, -0.25) is 0 Å². The van der Waals surface area contributed by atoms with Crippen molar-refractivity contribution in [1.29, 1.82) is 0 Å². The van der Waals surface area contributed by atoms with E-state index in [1.165, 1.54) is 18.4 Å². The Bertz CT molecular complexity index is 466. The van der Waals surface area contributed by atoms with Gasteiger partial charge in [-0.1, -0.05) is 24.2 Å². The van der Waals surface area contributed by atoms with E-state index in [1.54, 1.807) is 0 Å². The first-order chi connectivity index (χ1) is 9.17. The number of oxime groups is 1. The molecule has 1 aromatic rings. The third kappa shape index (κ3) is 3.19. The number of nitrogens with two attached hydrogens (primary N) is 1. The minimum absolute atomic E-state index is 0.190. The molecule has 4 heteroatoms. The standard InChI is InChI=1S/C15H23N3O/c1-3-9-18(10-12-7-8-12)14-11(2)5-4-6-13(14)15(16)17-19/h4-6,12,19H,3,7-10H2,1-2H3,(H2,16,17). The number of aryl methyl sites for hydroxylation is 1. The molecule has 0 amide bonds. The summed E-state index contributed by atoms with van der Waals surface area (Å²) in [4.78, 5) is 2.39. The van der Waals surface area contributed by atoms with Gasteiger partial charge in [0.2, 0.25) is 0 Å². The van der Waals surface area contributed by atoms with Crippen molar-refractivity contribution < 1.29 is 5.21 Å². The van der Waals surface area contributed by atoms with Crippen LogP contribution in [0.3, 0.4) is 0 Å². The average Bonchev–Trinajstić information content (AvgIpc) is 3.21. The van der Waals surface area contributed by atoms with Crippen LogP contribution in [0.1, 0.15) is 37.3 Å². The lowest BCUT2D eigenvalue weighted by Crippen LogP contribution is -2.30. The second-order valence-corrected chi connectivity index (χ2v) is 5.35. The number of anilines is 1. The normalized spacial score (nSPS) is 15.6. The summed E-state index contributed by atoms with van der Waals surface area (Å²) < 4.78 is 0. The Morgan fingerprint density at radius 1 is 1.47 bits per heavy atom. The monoisotopic (exact) mass is 261 g/mol. The first kappa shape index (κ1) is 13.7. The Labute approximate surface area is 114 Å². The average molecular weight is 261 g/mol. The highest BCUT2D eigenvalue weighted by atomic mass is 16.4. The van der Waals surface area contributed by atoms with Crippen molar-refractivity contribution in [2.45, 2.75) is 33.1 Å². The van der Waals surface area contributed by atoms with Gasteiger partial charge < -0.3 is 15.8 Å². The first-order valence-electron chi connectivity index (χ1n) is 6.99. The van der Waals surface area contributed by atoms with Gasteiger partial charge in [0.15, 0.2) is 5.84 Å². The molecule has 2 rings (SSSR count). The summed E-state index contributed by atoms with van der Waals surface area (Å²) in [5.41, 5.74) is 8.94. The van der Waals surface area contributed by atoms with Crippen LogP contribution in [0.15, 0.2) is 23.4 Å². The highest BCUT2D eigenvalue weighted by molar-refractivity contribution is 6.02. The highest BCUT2D eigenvalue weighted by Gasteiger charge is 2.26. The first-order valence-corrected chi connectivity index (χ1v) is 6.99. The van der Waals surface area contributed by atoms with Gasteiger partial charge in [-0.05, 0) is 43.7 Å². The molecule has 0 aromatic heterocycles. The predicted octanol–water partition coefficient (Wildman–Crippen LogP) is 2.72. The largest absolute Gasteiger partial charge is 0.409 e. The van der Waals surface area contributed by atoms with Crippen LogP contribution in [0.25, 0.3) is 0 Å². The van der Waals surface area contributed by atoms with Crippen LogP contribution in [0.5, 0.6) is 0 Å². The molecule has 0 heterocycles. The van der Waals surface area contributed by atoms with Gasteiger partial charge in [0.1, 0.15) is 0 Å². The van der Waals surface area contributed by atoms with Crippen LogP contribution in [-0.4, -0.2) is 24.1 Å². The van der Waals surface area contributed by atoms with E-state index in [4.69, 9.17) is 10.9 Å². The zero-order chi connectivity index (χ0) is 13.8. The maximum absolute atomic E-state index is 8.95. The maximum Gasteiger partial charge on any atom is 0.172 e. The van der Waals surface area contributed by atoms with E-state index in [9.17, 15) is 0 Å². The fraction of sp³-hybridized carbons (Fsp3) is 0.533. The lowest BCUT2D eigenvalue weighted by atomic mass is 10.0. The Morgan fingerprint density at radius 3 is 2.79 bits per heavy atom. The summed E-state index contributed by atoms with van der Waals surface area (Å²) in [6, 6.07) is 5.96. The molecule has 0 bridgehead atoms. The van der Waals surface area contributed by atoms with E-state index in [1.807, 2.05) is 12.1 Å². The van der Waals surface area contributed by atoms with Crippen LogP contribution in [0.2, 0.25) is 0 Å². The third-order valence-electron chi connectivity index (χ3n) is 3.61. The second-order valence-electron chi connectivity index (χ2n) is 5.35. The minimum atomic E-state index is 0.190. The van der Waals surface area contributed by atoms with Crippen molar-refractivity contribution in [3.63, 3.8) is 0 Å². The van der Waals surface area contributed by atoms with E-state index in [-0.39, 0.29) is 5.84 Å². The second kappa shape index (κ2) is 5.95. The number of para-hydroxylation sites is 1. The van der Waals surface area contributed by atoms with Crippen molar-refractivity contribution in [2.24, 2.45) is 16.8 Å². The van der Waals surface area contributed by atoms with Crippen molar-refractivity contribution >= 4 is 11.5 Å². The Morgan fingerprint density at radius 2 is 2.21 bits per heavy atom. The van der Waals surface area contributed by atoms with Crippen molar-refractivity contribution in [2.75, 3.05) is 18.0 Å². The number of hydrogen-bond acceptors (Lipinski definition) is 3. The fourth-order valence-electron chi connectivity index (χ4n) is 2.52. The van der Waals surface area contributed by atoms with Gasteiger partial charge in [-0.2, -0.15) is 0 Å². The van der Waals surface area contributed by atoms with E-state index in [0.29, 0.717) is 0 Å². The number of rotatable bonds is 6. The van der Waals surface area contributed by atoms with Crippen LogP contribution < -0.4 is 10.6 Å². The molecule has 19 heavy (non-hydrogen) atoms. The molecule has 1 saturated carbocycles. The van der Waals surface area contributed by atoms with Crippen LogP contribution in [-0.2, 0) is 0 Å². The smallest absolute Gasteiger partial charge is 0.172 e. The molecule has 3 N–H and O–H groups in total. The molecular weight excluding hydrogens is 238 g/mol. The number of amidine groups is 1. The minimum Gasteiger partial charge on any atom is -0.409 e. The molecule has 104 valence electrons. The molecular formula is C15H23N3O. The third-order valence-corrected chi connectivity index (χ3v) is 3.61. The van der Waals surface area contributed by atoms with E-state index in [2.05, 4.69) is 30.0 Å². The highest BCUT2D eigenvalue weighted by Crippen LogP contribution is 2.33. The molecule has 0 atom stereocenters. The number of hydrogen-bond donors (Lipinski definition) is 2. The maximum atomic E-state index is 8.95. The van der Waals surface area contributed by atoms with Crippen molar-refractivity contribution in [3.05, 3.63) is 29.3 Å². The van der Waals surface area contributed by atoms with Crippen molar-refractivity contribution in [1.82, 2.24) is 0 Å². The molecule has 0 saturated heterocycles. The number of nitrogens with zero attached hydrogens (tertiary/aromatic N) is 2. The quantitative estimate of drug-likeness (QED) is 0.358. The Hall–Kier alpha value is -1.71. The molecule has 1 fully saturated rings. The lowest BCUT2D eigenvalue weighted by molar-refractivity contribution is 0.318. The zero-order valence-electron chi connectivity index (χ0n) is 11.8. The Balaban J connectivity index is 2.37. The van der Waals surface area contributed by atoms with Gasteiger partial charge >= 0.3 is 0 Å². The lowest BCUT2D eigenvalue weighted by Gasteiger charge is -2.28. The van der Waals surface area contributed by atoms with Crippen LogP contribution >= 0.6 is 0 Å². The molecule has 0 unspecified atom stereocenters. The summed E-state index contributed by atoms with van der Waals surface area (Å²) in [6.45, 7) is 6.35. The SMILES string of the molecule is CCCN(CC1CC1)c1c(C)cccc1/C(N)=N/O. The topological polar surface area (TPSA) is 61.8 Å². The Kier molecular flexibility index (Phi) is 4.30. The summed E-state index contributed by atoms with van der Waals surface area (Å²) in [7, 11) is 0. The summed E-state index contributed by atoms with van der Waals surface area (Å²) >= 11 is 0. The molecule has 0 aliphatic heterocycles. The van der Waals surface area contributed by atoms with Gasteiger partial charge in [-0.25, -0.2) is 0 Å². The van der Waals surface area contributed by atoms with Gasteiger partial charge in [0.25, 0.3) is 0 Å². The molecule has 0 spiro atoms. The summed E-state index contributed by atoms with van der Waals surface area (Å²) in [6.07, 6.45) is 3.74. The van der Waals surface area contributed by atoms with E-state index in [0.717, 1.165) is 36.7 Å². The van der Waals surface area contributed by atoms with Gasteiger partial charge in [0, 0.05) is 18.7 Å². The molecule has 0 radical (unpaired) electrons. The van der Waals surface area contributed by atoms with Gasteiger partial charge in [-0.15, -0.1) is 0 Å². The summed E-state index contributed by atoms with van der Waals surface area (Å²) in [5, 5.41) is 12.1.